The number of halogens is 1. The summed E-state index contributed by atoms with van der Waals surface area (Å²) in [5.41, 5.74) is 0. The Morgan fingerprint density at radius 1 is 1.50 bits per heavy atom. The van der Waals surface area contributed by atoms with Crippen LogP contribution >= 0.6 is 0 Å². The van der Waals surface area contributed by atoms with Crippen molar-refractivity contribution in [3.63, 3.8) is 0 Å². The van der Waals surface area contributed by atoms with Gasteiger partial charge in [0.25, 0.3) is 0 Å². The van der Waals surface area contributed by atoms with Gasteiger partial charge in [-0.25, -0.2) is 4.39 Å². The SMILES string of the molecule is CC(C)C(F)CCO. The smallest absolute Gasteiger partial charge is 0.105 e. The molecule has 0 bridgehead atoms. The highest BCUT2D eigenvalue weighted by molar-refractivity contribution is 4.58. The van der Waals surface area contributed by atoms with Gasteiger partial charge in [-0.3, -0.25) is 0 Å². The van der Waals surface area contributed by atoms with Gasteiger partial charge in [0.15, 0.2) is 0 Å². The first-order valence-electron chi connectivity index (χ1n) is 2.93. The molecule has 0 aliphatic rings. The monoisotopic (exact) mass is 120 g/mol. The number of alkyl halides is 1. The molecule has 0 fully saturated rings. The molecule has 0 aromatic carbocycles. The van der Waals surface area contributed by atoms with Crippen LogP contribution in [-0.4, -0.2) is 17.9 Å². The zero-order chi connectivity index (χ0) is 6.57. The topological polar surface area (TPSA) is 20.2 Å². The van der Waals surface area contributed by atoms with Gasteiger partial charge in [0.1, 0.15) is 6.17 Å². The van der Waals surface area contributed by atoms with Crippen LogP contribution in [-0.2, 0) is 0 Å². The summed E-state index contributed by atoms with van der Waals surface area (Å²) in [6, 6.07) is 0. The van der Waals surface area contributed by atoms with Crippen molar-refractivity contribution in [2.45, 2.75) is 26.4 Å². The van der Waals surface area contributed by atoms with E-state index in [4.69, 9.17) is 5.11 Å². The van der Waals surface area contributed by atoms with Crippen molar-refractivity contribution >= 4 is 0 Å². The van der Waals surface area contributed by atoms with E-state index >= 15 is 0 Å². The average Bonchev–Trinajstić information content (AvgIpc) is 1.67. The predicted octanol–water partition coefficient (Wildman–Crippen LogP) is 1.36. The molecule has 0 aromatic rings. The lowest BCUT2D eigenvalue weighted by Crippen LogP contribution is -2.10. The van der Waals surface area contributed by atoms with Gasteiger partial charge in [-0.15, -0.1) is 0 Å². The van der Waals surface area contributed by atoms with E-state index in [-0.39, 0.29) is 18.9 Å². The molecule has 2 heteroatoms. The lowest BCUT2D eigenvalue weighted by atomic mass is 10.1. The van der Waals surface area contributed by atoms with Crippen LogP contribution < -0.4 is 0 Å². The molecule has 0 heterocycles. The maximum atomic E-state index is 12.4. The van der Waals surface area contributed by atoms with Gasteiger partial charge < -0.3 is 5.11 Å². The van der Waals surface area contributed by atoms with Crippen molar-refractivity contribution in [1.29, 1.82) is 0 Å². The largest absolute Gasteiger partial charge is 0.396 e. The number of aliphatic hydroxyl groups is 1. The molecule has 0 aliphatic heterocycles. The molecule has 0 aliphatic carbocycles. The first-order valence-corrected chi connectivity index (χ1v) is 2.93. The van der Waals surface area contributed by atoms with E-state index in [1.807, 2.05) is 0 Å². The Bertz CT molecular complexity index is 54.5. The van der Waals surface area contributed by atoms with Crippen molar-refractivity contribution in [2.75, 3.05) is 6.61 Å². The molecule has 0 aromatic heterocycles. The fourth-order valence-corrected chi connectivity index (χ4v) is 0.457. The third-order valence-electron chi connectivity index (χ3n) is 1.13. The molecule has 0 saturated carbocycles. The predicted molar refractivity (Wildman–Crippen MR) is 31.4 cm³/mol. The van der Waals surface area contributed by atoms with Crippen molar-refractivity contribution in [3.05, 3.63) is 0 Å². The summed E-state index contributed by atoms with van der Waals surface area (Å²) in [6.45, 7) is 3.57. The second-order valence-corrected chi connectivity index (χ2v) is 2.27. The molecule has 1 atom stereocenters. The van der Waals surface area contributed by atoms with Gasteiger partial charge in [0.05, 0.1) is 0 Å². The third kappa shape index (κ3) is 2.97. The van der Waals surface area contributed by atoms with Gasteiger partial charge in [0.2, 0.25) is 0 Å². The minimum absolute atomic E-state index is 0.0423. The quantitative estimate of drug-likeness (QED) is 0.596. The summed E-state index contributed by atoms with van der Waals surface area (Å²) < 4.78 is 12.4. The average molecular weight is 120 g/mol. The first-order chi connectivity index (χ1) is 3.68. The molecule has 0 rings (SSSR count). The molecule has 0 radical (unpaired) electrons. The molecule has 1 N–H and O–H groups in total. The Kier molecular flexibility index (Phi) is 3.79. The maximum Gasteiger partial charge on any atom is 0.105 e. The van der Waals surface area contributed by atoms with Gasteiger partial charge in [-0.1, -0.05) is 13.8 Å². The Morgan fingerprint density at radius 3 is 2.12 bits per heavy atom. The van der Waals surface area contributed by atoms with Crippen molar-refractivity contribution in [2.24, 2.45) is 5.92 Å². The first kappa shape index (κ1) is 7.89. The van der Waals surface area contributed by atoms with Gasteiger partial charge in [0, 0.05) is 13.0 Å². The Hall–Kier alpha value is -0.110. The molecule has 0 amide bonds. The van der Waals surface area contributed by atoms with Crippen molar-refractivity contribution < 1.29 is 9.50 Å². The number of hydrogen-bond donors (Lipinski definition) is 1. The summed E-state index contributed by atoms with van der Waals surface area (Å²) in [4.78, 5) is 0. The second-order valence-electron chi connectivity index (χ2n) is 2.27. The van der Waals surface area contributed by atoms with Crippen LogP contribution in [0.25, 0.3) is 0 Å². The molecule has 0 saturated heterocycles. The van der Waals surface area contributed by atoms with E-state index in [9.17, 15) is 4.39 Å². The van der Waals surface area contributed by atoms with Gasteiger partial charge >= 0.3 is 0 Å². The van der Waals surface area contributed by atoms with Crippen LogP contribution in [0.1, 0.15) is 20.3 Å². The number of aliphatic hydroxyl groups excluding tert-OH is 1. The Morgan fingerprint density at radius 2 is 2.00 bits per heavy atom. The standard InChI is InChI=1S/C6H13FO/c1-5(2)6(7)3-4-8/h5-6,8H,3-4H2,1-2H3. The number of rotatable bonds is 3. The van der Waals surface area contributed by atoms with E-state index in [0.717, 1.165) is 0 Å². The van der Waals surface area contributed by atoms with Gasteiger partial charge in [-0.05, 0) is 5.92 Å². The Balaban J connectivity index is 3.17. The minimum Gasteiger partial charge on any atom is -0.396 e. The highest BCUT2D eigenvalue weighted by Gasteiger charge is 2.08. The highest BCUT2D eigenvalue weighted by atomic mass is 19.1. The second kappa shape index (κ2) is 3.84. The Labute approximate surface area is 49.5 Å². The van der Waals surface area contributed by atoms with E-state index in [0.29, 0.717) is 0 Å². The summed E-state index contributed by atoms with van der Waals surface area (Å²) in [5, 5.41) is 8.25. The highest BCUT2D eigenvalue weighted by Crippen LogP contribution is 2.08. The molecule has 0 spiro atoms. The van der Waals surface area contributed by atoms with Crippen LogP contribution in [0.4, 0.5) is 4.39 Å². The molecule has 8 heavy (non-hydrogen) atoms. The fraction of sp³-hybridized carbons (Fsp3) is 1.00. The van der Waals surface area contributed by atoms with Crippen molar-refractivity contribution in [3.8, 4) is 0 Å². The van der Waals surface area contributed by atoms with Crippen LogP contribution in [0.15, 0.2) is 0 Å². The molecular formula is C6H13FO. The van der Waals surface area contributed by atoms with Crippen LogP contribution in [0, 0.1) is 5.92 Å². The number of hydrogen-bond acceptors (Lipinski definition) is 1. The van der Waals surface area contributed by atoms with E-state index < -0.39 is 6.17 Å². The third-order valence-corrected chi connectivity index (χ3v) is 1.13. The van der Waals surface area contributed by atoms with Crippen molar-refractivity contribution in [1.82, 2.24) is 0 Å². The van der Waals surface area contributed by atoms with E-state index in [1.54, 1.807) is 13.8 Å². The lowest BCUT2D eigenvalue weighted by Gasteiger charge is -2.08. The van der Waals surface area contributed by atoms with E-state index in [1.165, 1.54) is 0 Å². The lowest BCUT2D eigenvalue weighted by molar-refractivity contribution is 0.183. The normalized spacial score (nSPS) is 14.6. The summed E-state index contributed by atoms with van der Waals surface area (Å²) in [7, 11) is 0. The zero-order valence-electron chi connectivity index (χ0n) is 5.39. The molecular weight excluding hydrogens is 107 g/mol. The molecule has 50 valence electrons. The maximum absolute atomic E-state index is 12.4. The van der Waals surface area contributed by atoms with Crippen LogP contribution in [0.3, 0.4) is 0 Å². The fourth-order valence-electron chi connectivity index (χ4n) is 0.457. The summed E-state index contributed by atoms with van der Waals surface area (Å²) in [6.07, 6.45) is -0.558. The zero-order valence-corrected chi connectivity index (χ0v) is 5.39. The summed E-state index contributed by atoms with van der Waals surface area (Å²) >= 11 is 0. The van der Waals surface area contributed by atoms with Crippen LogP contribution in [0.2, 0.25) is 0 Å². The summed E-state index contributed by atoms with van der Waals surface area (Å²) in [5.74, 6) is 0.0437. The van der Waals surface area contributed by atoms with Gasteiger partial charge in [-0.2, -0.15) is 0 Å². The molecule has 1 nitrogen and oxygen atoms in total. The minimum atomic E-state index is -0.833. The molecule has 1 unspecified atom stereocenters. The van der Waals surface area contributed by atoms with E-state index in [2.05, 4.69) is 0 Å². The van der Waals surface area contributed by atoms with Crippen LogP contribution in [0.5, 0.6) is 0 Å².